The summed E-state index contributed by atoms with van der Waals surface area (Å²) in [6.45, 7) is 2.11. The van der Waals surface area contributed by atoms with E-state index in [4.69, 9.17) is 0 Å². The first kappa shape index (κ1) is 44.9. The van der Waals surface area contributed by atoms with Crippen LogP contribution in [0.4, 0.5) is 35.5 Å². The lowest BCUT2D eigenvalue weighted by atomic mass is 9.63. The summed E-state index contributed by atoms with van der Waals surface area (Å²) in [6.07, 6.45) is -5.60. The van der Waals surface area contributed by atoms with Crippen LogP contribution in [0.2, 0.25) is 0 Å². The number of allylic oxidation sites excluding steroid dienone is 4. The number of carbonyl (C=O) groups excluding carboxylic acids is 4. The Morgan fingerprint density at radius 3 is 2.26 bits per heavy atom. The Labute approximate surface area is 330 Å². The van der Waals surface area contributed by atoms with E-state index in [0.717, 1.165) is 18.2 Å². The fraction of sp³-hybridized carbons (Fsp3) is 0.703. The van der Waals surface area contributed by atoms with Crippen molar-refractivity contribution in [3.8, 4) is 0 Å². The maximum Gasteiger partial charge on any atom is 0.427 e. The highest BCUT2D eigenvalue weighted by Crippen LogP contribution is 2.57. The van der Waals surface area contributed by atoms with Gasteiger partial charge in [0.05, 0.1) is 5.92 Å². The van der Waals surface area contributed by atoms with Crippen molar-refractivity contribution in [2.24, 2.45) is 35.0 Å². The van der Waals surface area contributed by atoms with Gasteiger partial charge in [-0.05, 0) is 76.5 Å². The minimum atomic E-state index is -5.30. The monoisotopic (exact) mass is 856 g/mol. The first-order valence-electron chi connectivity index (χ1n) is 18.8. The van der Waals surface area contributed by atoms with Crippen LogP contribution in [0, 0.1) is 35.0 Å². The molecule has 0 bridgehead atoms. The SMILES string of the molecule is C[C@H]1CC/C=C\[C@@H]2C[C@@]2(C(=O)NS(=O)(=O)C2(CF)CC2)NC(=O)[C@@H]2C[C@H](C3(C(F)(F)F)C=CC=CC3C(=O)O)CN2C(=O)[C@@H](NC(=O)OC(C)(C)C(F)(F)F)[C@H](C)C1. The van der Waals surface area contributed by atoms with E-state index < -0.39 is 129 Å². The summed E-state index contributed by atoms with van der Waals surface area (Å²) in [6, 6.07) is -3.71. The molecule has 0 aromatic heterocycles. The number of nitrogens with zero attached hydrogens (tertiary/aromatic N) is 1. The second-order valence-corrected chi connectivity index (χ2v) is 18.9. The minimum absolute atomic E-state index is 0.0790. The van der Waals surface area contributed by atoms with E-state index in [1.165, 1.54) is 6.92 Å². The number of hydrogen-bond acceptors (Lipinski definition) is 8. The number of fused-ring (bicyclic) bond motifs is 2. The molecule has 4 N–H and O–H groups in total. The molecule has 13 nitrogen and oxygen atoms in total. The number of sulfonamides is 1. The highest BCUT2D eigenvalue weighted by atomic mass is 32.2. The summed E-state index contributed by atoms with van der Waals surface area (Å²) in [5.74, 6) is -11.7. The van der Waals surface area contributed by atoms with Gasteiger partial charge >= 0.3 is 24.4 Å². The third kappa shape index (κ3) is 8.20. The molecule has 3 fully saturated rings. The predicted octanol–water partition coefficient (Wildman–Crippen LogP) is 4.85. The van der Waals surface area contributed by atoms with Crippen LogP contribution in [0.5, 0.6) is 0 Å². The number of rotatable bonds is 8. The first-order valence-corrected chi connectivity index (χ1v) is 20.3. The number of carboxylic acids is 1. The van der Waals surface area contributed by atoms with Gasteiger partial charge in [-0.2, -0.15) is 26.3 Å². The summed E-state index contributed by atoms with van der Waals surface area (Å²) in [5.41, 5.74) is -8.29. The van der Waals surface area contributed by atoms with Crippen molar-refractivity contribution in [1.82, 2.24) is 20.3 Å². The molecule has 2 saturated carbocycles. The number of nitrogens with one attached hydrogen (secondary N) is 3. The van der Waals surface area contributed by atoms with Gasteiger partial charge < -0.3 is 25.4 Å². The van der Waals surface area contributed by atoms with E-state index in [1.54, 1.807) is 19.1 Å². The Balaban J connectivity index is 1.59. The van der Waals surface area contributed by atoms with E-state index >= 15 is 13.2 Å². The number of halogens is 7. The Kier molecular flexibility index (Phi) is 12.0. The molecule has 21 heteroatoms. The molecule has 0 aromatic rings. The zero-order valence-corrected chi connectivity index (χ0v) is 32.9. The smallest absolute Gasteiger partial charge is 0.427 e. The van der Waals surface area contributed by atoms with Crippen LogP contribution in [-0.4, -0.2) is 102 Å². The Morgan fingerprint density at radius 1 is 1.03 bits per heavy atom. The summed E-state index contributed by atoms with van der Waals surface area (Å²) in [5, 5.41) is 14.6. The van der Waals surface area contributed by atoms with Gasteiger partial charge in [0, 0.05) is 12.5 Å². The molecule has 58 heavy (non-hydrogen) atoms. The molecule has 5 aliphatic rings. The lowest BCUT2D eigenvalue weighted by Gasteiger charge is -2.42. The molecule has 9 atom stereocenters. The normalized spacial score (nSPS) is 34.7. The van der Waals surface area contributed by atoms with Crippen LogP contribution in [0.15, 0.2) is 36.5 Å². The third-order valence-corrected chi connectivity index (χ3v) is 14.5. The Hall–Kier alpha value is -4.17. The molecule has 4 amide bonds. The molecule has 0 aromatic carbocycles. The molecular formula is C37H47F7N4O9S. The van der Waals surface area contributed by atoms with Crippen LogP contribution in [0.3, 0.4) is 0 Å². The van der Waals surface area contributed by atoms with Crippen LogP contribution in [0.1, 0.15) is 72.6 Å². The van der Waals surface area contributed by atoms with Crippen molar-refractivity contribution < 1.29 is 73.0 Å². The van der Waals surface area contributed by atoms with Crippen LogP contribution in [0.25, 0.3) is 0 Å². The summed E-state index contributed by atoms with van der Waals surface area (Å²) >= 11 is 0. The highest BCUT2D eigenvalue weighted by Gasteiger charge is 2.68. The van der Waals surface area contributed by atoms with E-state index in [2.05, 4.69) is 15.4 Å². The largest absolute Gasteiger partial charge is 0.481 e. The average Bonchev–Trinajstić information content (AvgIpc) is 4.01. The number of alkyl halides is 7. The van der Waals surface area contributed by atoms with Crippen molar-refractivity contribution in [3.63, 3.8) is 0 Å². The Morgan fingerprint density at radius 2 is 1.69 bits per heavy atom. The molecule has 0 radical (unpaired) electrons. The first-order chi connectivity index (χ1) is 26.7. The van der Waals surface area contributed by atoms with E-state index in [1.807, 2.05) is 4.72 Å². The van der Waals surface area contributed by atoms with Gasteiger partial charge in [0.15, 0.2) is 0 Å². The number of hydrogen-bond donors (Lipinski definition) is 4. The van der Waals surface area contributed by atoms with E-state index in [9.17, 15) is 55.1 Å². The zero-order chi connectivity index (χ0) is 43.4. The van der Waals surface area contributed by atoms with Gasteiger partial charge in [-0.1, -0.05) is 50.3 Å². The molecule has 2 unspecified atom stereocenters. The second-order valence-electron chi connectivity index (χ2n) is 16.8. The van der Waals surface area contributed by atoms with E-state index in [-0.39, 0.29) is 31.6 Å². The molecular weight excluding hydrogens is 809 g/mol. The maximum atomic E-state index is 15.3. The van der Waals surface area contributed by atoms with Crippen LogP contribution < -0.4 is 15.4 Å². The van der Waals surface area contributed by atoms with Crippen molar-refractivity contribution in [1.29, 1.82) is 0 Å². The molecule has 5 rings (SSSR count). The number of carbonyl (C=O) groups is 5. The minimum Gasteiger partial charge on any atom is -0.481 e. The summed E-state index contributed by atoms with van der Waals surface area (Å²) in [4.78, 5) is 69.1. The van der Waals surface area contributed by atoms with Crippen molar-refractivity contribution in [2.45, 2.75) is 113 Å². The molecule has 2 aliphatic heterocycles. The van der Waals surface area contributed by atoms with Crippen LogP contribution >= 0.6 is 0 Å². The van der Waals surface area contributed by atoms with Gasteiger partial charge in [-0.25, -0.2) is 17.6 Å². The lowest BCUT2D eigenvalue weighted by molar-refractivity contribution is -0.244. The van der Waals surface area contributed by atoms with Crippen molar-refractivity contribution in [2.75, 3.05) is 13.2 Å². The van der Waals surface area contributed by atoms with Gasteiger partial charge in [0.25, 0.3) is 5.91 Å². The number of ether oxygens (including phenoxy) is 1. The number of carboxylic acid groups (broad SMARTS) is 1. The summed E-state index contributed by atoms with van der Waals surface area (Å²) in [7, 11) is -4.62. The third-order valence-electron chi connectivity index (χ3n) is 12.3. The number of aliphatic carboxylic acids is 1. The molecule has 0 spiro atoms. The molecule has 324 valence electrons. The van der Waals surface area contributed by atoms with Gasteiger partial charge in [-0.3, -0.25) is 23.9 Å². The molecule has 3 aliphatic carbocycles. The van der Waals surface area contributed by atoms with Crippen molar-refractivity contribution in [3.05, 3.63) is 36.5 Å². The standard InChI is InChI=1S/C37H47F7N4O9S/c1-20-9-5-6-10-22-17-35(22,30(53)47-58(55,56)33(19-38)13-14-33)46-27(49)25-16-23(34(37(42,43)44)12-8-7-11-24(34)29(51)52)18-48(25)28(50)26(21(2)15-20)45-31(54)57-32(3,4)36(39,40)41/h6-8,10-12,20-26H,5,9,13-19H2,1-4H3,(H,45,54)(H,46,49)(H,47,53)(H,51,52)/b10-6-/t20-,21+,22+,23-,24?,25-,26-,34?,35+/m0/s1. The zero-order valence-electron chi connectivity index (χ0n) is 32.1. The van der Waals surface area contributed by atoms with Gasteiger partial charge in [-0.15, -0.1) is 0 Å². The van der Waals surface area contributed by atoms with E-state index in [0.29, 0.717) is 37.7 Å². The average molecular weight is 857 g/mol. The van der Waals surface area contributed by atoms with Gasteiger partial charge in [0.2, 0.25) is 27.4 Å². The second kappa shape index (κ2) is 15.5. The lowest BCUT2D eigenvalue weighted by Crippen LogP contribution is -2.60. The predicted molar refractivity (Wildman–Crippen MR) is 190 cm³/mol. The quantitative estimate of drug-likeness (QED) is 0.196. The van der Waals surface area contributed by atoms with Crippen molar-refractivity contribution >= 4 is 39.8 Å². The fourth-order valence-corrected chi connectivity index (χ4v) is 9.75. The van der Waals surface area contributed by atoms with Gasteiger partial charge in [0.1, 0.15) is 34.5 Å². The number of alkyl carbamates (subject to hydrolysis) is 1. The Bertz CT molecular complexity index is 1880. The molecule has 1 saturated heterocycles. The molecule has 2 heterocycles. The van der Waals surface area contributed by atoms with Crippen LogP contribution in [-0.2, 0) is 33.9 Å². The highest BCUT2D eigenvalue weighted by molar-refractivity contribution is 7.91. The topological polar surface area (TPSA) is 188 Å². The fourth-order valence-electron chi connectivity index (χ4n) is 8.33. The number of amides is 4. The summed E-state index contributed by atoms with van der Waals surface area (Å²) < 4.78 is 132. The maximum absolute atomic E-state index is 15.3.